The number of benzene rings is 1. The Balaban J connectivity index is 2.09. The second kappa shape index (κ2) is 5.35. The molecule has 4 nitrogen and oxygen atoms in total. The molecule has 0 bridgehead atoms. The monoisotopic (exact) mass is 326 g/mol. The molecule has 0 heterocycles. The molecule has 2 aliphatic rings. The van der Waals surface area contributed by atoms with Crippen LogP contribution in [0, 0.1) is 0 Å². The maximum Gasteiger partial charge on any atom is 0.341 e. The summed E-state index contributed by atoms with van der Waals surface area (Å²) < 4.78 is 5.17. The summed E-state index contributed by atoms with van der Waals surface area (Å²) in [5.41, 5.74) is 2.98. The topological polar surface area (TPSA) is 63.6 Å². The van der Waals surface area contributed by atoms with Crippen LogP contribution in [0.4, 0.5) is 0 Å². The van der Waals surface area contributed by atoms with E-state index in [-0.39, 0.29) is 21.6 Å². The van der Waals surface area contributed by atoms with Gasteiger partial charge in [0.1, 0.15) is 10.8 Å². The maximum absolute atomic E-state index is 12.4. The van der Waals surface area contributed by atoms with E-state index in [4.69, 9.17) is 33.0 Å². The molecule has 110 valence electrons. The van der Waals surface area contributed by atoms with E-state index in [9.17, 15) is 9.59 Å². The summed E-state index contributed by atoms with van der Waals surface area (Å²) in [4.78, 5) is 23.1. The Morgan fingerprint density at radius 2 is 1.86 bits per heavy atom. The Bertz CT molecular complexity index is 691. The van der Waals surface area contributed by atoms with Gasteiger partial charge in [0.05, 0.1) is 10.6 Å². The molecule has 0 aromatic heterocycles. The fourth-order valence-electron chi connectivity index (χ4n) is 2.91. The smallest absolute Gasteiger partial charge is 0.341 e. The van der Waals surface area contributed by atoms with Gasteiger partial charge in [0, 0.05) is 5.57 Å². The van der Waals surface area contributed by atoms with Gasteiger partial charge in [-0.05, 0) is 42.9 Å². The van der Waals surface area contributed by atoms with Crippen molar-refractivity contribution in [2.75, 3.05) is 6.61 Å². The van der Waals surface area contributed by atoms with Gasteiger partial charge in [0.25, 0.3) is 0 Å². The highest BCUT2D eigenvalue weighted by atomic mass is 35.5. The van der Waals surface area contributed by atoms with E-state index in [0.717, 1.165) is 42.4 Å². The third-order valence-electron chi connectivity index (χ3n) is 3.82. The van der Waals surface area contributed by atoms with Crippen LogP contribution in [0.15, 0.2) is 11.6 Å². The summed E-state index contributed by atoms with van der Waals surface area (Å²) >= 11 is 12.3. The van der Waals surface area contributed by atoms with Crippen molar-refractivity contribution in [3.8, 4) is 5.75 Å². The summed E-state index contributed by atoms with van der Waals surface area (Å²) in [6.07, 6.45) is 3.59. The van der Waals surface area contributed by atoms with Crippen LogP contribution in [-0.2, 0) is 4.79 Å². The molecule has 21 heavy (non-hydrogen) atoms. The highest BCUT2D eigenvalue weighted by Crippen LogP contribution is 2.48. The number of ether oxygens (including phenoxy) is 1. The Morgan fingerprint density at radius 1 is 1.19 bits per heavy atom. The average Bonchev–Trinajstić information content (AvgIpc) is 2.75. The number of aliphatic carboxylic acids is 1. The number of ketones is 1. The first-order chi connectivity index (χ1) is 10.0. The molecule has 0 radical (unpaired) electrons. The number of carboxylic acid groups (broad SMARTS) is 1. The molecule has 6 heteroatoms. The molecule has 0 spiro atoms. The number of Topliss-reactive ketones (excluding diaryl/α,β-unsaturated/α-hetero) is 1. The Labute approximate surface area is 131 Å². The van der Waals surface area contributed by atoms with Gasteiger partial charge < -0.3 is 9.84 Å². The minimum Gasteiger partial charge on any atom is -0.480 e. The summed E-state index contributed by atoms with van der Waals surface area (Å²) in [5.74, 6) is -0.956. The van der Waals surface area contributed by atoms with E-state index in [2.05, 4.69) is 0 Å². The zero-order valence-corrected chi connectivity index (χ0v) is 12.6. The Morgan fingerprint density at radius 3 is 2.52 bits per heavy atom. The first kappa shape index (κ1) is 14.4. The molecule has 2 aliphatic carbocycles. The van der Waals surface area contributed by atoms with Gasteiger partial charge in [-0.25, -0.2) is 4.79 Å². The van der Waals surface area contributed by atoms with Crippen LogP contribution in [0.3, 0.4) is 0 Å². The van der Waals surface area contributed by atoms with E-state index in [1.807, 2.05) is 0 Å². The molecule has 0 fully saturated rings. The minimum absolute atomic E-state index is 0.0589. The molecular formula is C15H12Cl2O4. The number of hydrogen-bond donors (Lipinski definition) is 1. The van der Waals surface area contributed by atoms with Gasteiger partial charge in [-0.1, -0.05) is 23.2 Å². The van der Waals surface area contributed by atoms with Crippen molar-refractivity contribution in [2.24, 2.45) is 0 Å². The summed E-state index contributed by atoms with van der Waals surface area (Å²) in [7, 11) is 0. The molecule has 0 saturated carbocycles. The first-order valence-corrected chi connectivity index (χ1v) is 7.40. The van der Waals surface area contributed by atoms with Crippen molar-refractivity contribution < 1.29 is 19.4 Å². The average molecular weight is 327 g/mol. The number of hydrogen-bond acceptors (Lipinski definition) is 3. The lowest BCUT2D eigenvalue weighted by atomic mass is 9.92. The van der Waals surface area contributed by atoms with Gasteiger partial charge in [-0.2, -0.15) is 0 Å². The van der Waals surface area contributed by atoms with Crippen molar-refractivity contribution in [1.29, 1.82) is 0 Å². The van der Waals surface area contributed by atoms with Crippen molar-refractivity contribution >= 4 is 40.5 Å². The molecule has 1 aromatic carbocycles. The third-order valence-corrected chi connectivity index (χ3v) is 4.67. The number of carboxylic acids is 1. The molecule has 0 amide bonds. The molecule has 0 aliphatic heterocycles. The predicted molar refractivity (Wildman–Crippen MR) is 79.3 cm³/mol. The van der Waals surface area contributed by atoms with Crippen molar-refractivity contribution in [2.45, 2.75) is 25.7 Å². The normalized spacial score (nSPS) is 16.8. The van der Waals surface area contributed by atoms with Crippen LogP contribution in [-0.4, -0.2) is 23.5 Å². The third kappa shape index (κ3) is 2.32. The van der Waals surface area contributed by atoms with Crippen LogP contribution in [0.25, 0.3) is 5.57 Å². The Kier molecular flexibility index (Phi) is 3.68. The van der Waals surface area contributed by atoms with Crippen LogP contribution >= 0.6 is 23.2 Å². The SMILES string of the molecule is O=C(O)COc1cc2c(c(Cl)c1Cl)C(=O)C1=C2CCCC1. The van der Waals surface area contributed by atoms with Gasteiger partial charge in [0.15, 0.2) is 12.4 Å². The maximum atomic E-state index is 12.4. The molecule has 1 aromatic rings. The van der Waals surface area contributed by atoms with Crippen LogP contribution in [0.5, 0.6) is 5.75 Å². The minimum atomic E-state index is -1.10. The van der Waals surface area contributed by atoms with E-state index in [1.54, 1.807) is 6.07 Å². The lowest BCUT2D eigenvalue weighted by Gasteiger charge is -2.14. The highest BCUT2D eigenvalue weighted by Gasteiger charge is 2.34. The van der Waals surface area contributed by atoms with Gasteiger partial charge in [0.2, 0.25) is 0 Å². The summed E-state index contributed by atoms with van der Waals surface area (Å²) in [5, 5.41) is 8.93. The van der Waals surface area contributed by atoms with Crippen LogP contribution in [0.1, 0.15) is 41.6 Å². The van der Waals surface area contributed by atoms with E-state index in [0.29, 0.717) is 5.56 Å². The zero-order chi connectivity index (χ0) is 15.1. The first-order valence-electron chi connectivity index (χ1n) is 6.64. The van der Waals surface area contributed by atoms with E-state index in [1.165, 1.54) is 0 Å². The summed E-state index contributed by atoms with van der Waals surface area (Å²) in [6.45, 7) is -0.505. The number of carbonyl (C=O) groups excluding carboxylic acids is 1. The van der Waals surface area contributed by atoms with Crippen LogP contribution in [0.2, 0.25) is 10.0 Å². The number of fused-ring (bicyclic) bond motifs is 2. The molecule has 3 rings (SSSR count). The predicted octanol–water partition coefficient (Wildman–Crippen LogP) is 3.98. The molecule has 0 saturated heterocycles. The molecule has 0 atom stereocenters. The van der Waals surface area contributed by atoms with Crippen molar-refractivity contribution in [3.05, 3.63) is 32.8 Å². The highest BCUT2D eigenvalue weighted by molar-refractivity contribution is 6.46. The number of carbonyl (C=O) groups is 2. The summed E-state index contributed by atoms with van der Waals surface area (Å²) in [6, 6.07) is 1.64. The number of rotatable bonds is 3. The standard InChI is InChI=1S/C15H12Cl2O4/c16-13-10(21-6-11(18)19)5-9-7-3-1-2-4-8(7)15(20)12(9)14(13)17/h5H,1-4,6H2,(H,18,19). The fourth-order valence-corrected chi connectivity index (χ4v) is 3.40. The van der Waals surface area contributed by atoms with Gasteiger partial charge in [-0.15, -0.1) is 0 Å². The van der Waals surface area contributed by atoms with E-state index < -0.39 is 12.6 Å². The number of halogens is 2. The number of allylic oxidation sites excluding steroid dienone is 2. The fraction of sp³-hybridized carbons (Fsp3) is 0.333. The molecule has 1 N–H and O–H groups in total. The molecule has 0 unspecified atom stereocenters. The lowest BCUT2D eigenvalue weighted by Crippen LogP contribution is -2.10. The second-order valence-electron chi connectivity index (χ2n) is 5.10. The van der Waals surface area contributed by atoms with Gasteiger partial charge in [-0.3, -0.25) is 4.79 Å². The van der Waals surface area contributed by atoms with Crippen LogP contribution < -0.4 is 4.74 Å². The zero-order valence-electron chi connectivity index (χ0n) is 11.0. The van der Waals surface area contributed by atoms with Gasteiger partial charge >= 0.3 is 5.97 Å². The largest absolute Gasteiger partial charge is 0.480 e. The molecular weight excluding hydrogens is 315 g/mol. The quantitative estimate of drug-likeness (QED) is 0.912. The van der Waals surface area contributed by atoms with Crippen molar-refractivity contribution in [1.82, 2.24) is 0 Å². The second-order valence-corrected chi connectivity index (χ2v) is 5.86. The lowest BCUT2D eigenvalue weighted by molar-refractivity contribution is -0.139. The van der Waals surface area contributed by atoms with E-state index >= 15 is 0 Å². The Hall–Kier alpha value is -1.52. The van der Waals surface area contributed by atoms with Crippen molar-refractivity contribution in [3.63, 3.8) is 0 Å².